The molecule has 2 aromatic carbocycles. The van der Waals surface area contributed by atoms with Crippen molar-refractivity contribution in [1.82, 2.24) is 0 Å². The fourth-order valence-electron chi connectivity index (χ4n) is 3.91. The van der Waals surface area contributed by atoms with Gasteiger partial charge in [-0.05, 0) is 36.8 Å². The van der Waals surface area contributed by atoms with E-state index in [2.05, 4.69) is 18.2 Å². The molecule has 0 spiro atoms. The Kier molecular flexibility index (Phi) is 4.84. The van der Waals surface area contributed by atoms with Gasteiger partial charge in [-0.1, -0.05) is 48.6 Å². The molecule has 0 saturated carbocycles. The zero-order chi connectivity index (χ0) is 18.6. The van der Waals surface area contributed by atoms with Gasteiger partial charge in [-0.3, -0.25) is 0 Å². The lowest BCUT2D eigenvalue weighted by molar-refractivity contribution is 0.300. The normalized spacial score (nSPS) is 21.1. The number of benzene rings is 2. The van der Waals surface area contributed by atoms with Gasteiger partial charge in [0, 0.05) is 17.5 Å². The van der Waals surface area contributed by atoms with Crippen LogP contribution in [0.4, 0.5) is 0 Å². The van der Waals surface area contributed by atoms with Crippen molar-refractivity contribution in [3.05, 3.63) is 83.3 Å². The molecule has 2 N–H and O–H groups in total. The van der Waals surface area contributed by atoms with E-state index in [1.165, 1.54) is 0 Å². The molecule has 2 atom stereocenters. The van der Waals surface area contributed by atoms with Crippen LogP contribution in [0.1, 0.15) is 36.3 Å². The molecule has 0 aromatic heterocycles. The van der Waals surface area contributed by atoms with E-state index in [0.717, 1.165) is 36.1 Å². The summed E-state index contributed by atoms with van der Waals surface area (Å²) < 4.78 is 11.7. The quantitative estimate of drug-likeness (QED) is 0.798. The van der Waals surface area contributed by atoms with Crippen molar-refractivity contribution in [3.63, 3.8) is 0 Å². The highest BCUT2D eigenvalue weighted by molar-refractivity contribution is 5.53. The van der Waals surface area contributed by atoms with Gasteiger partial charge in [0.25, 0.3) is 0 Å². The summed E-state index contributed by atoms with van der Waals surface area (Å²) in [6.07, 6.45) is 7.44. The monoisotopic (exact) mass is 358 g/mol. The largest absolute Gasteiger partial charge is 0.489 e. The molecule has 0 radical (unpaired) electrons. The van der Waals surface area contributed by atoms with Gasteiger partial charge in [0.05, 0.1) is 5.57 Å². The number of hydrogen-bond donors (Lipinski definition) is 1. The van der Waals surface area contributed by atoms with Gasteiger partial charge in [-0.15, -0.1) is 0 Å². The molecule has 4 rings (SSSR count). The Hall–Kier alpha value is -3.19. The molecule has 1 aliphatic carbocycles. The molecular weight excluding hydrogens is 336 g/mol. The lowest BCUT2D eigenvalue weighted by Crippen LogP contribution is -2.25. The fraction of sp³-hybridized carbons (Fsp3) is 0.261. The second kappa shape index (κ2) is 7.59. The molecule has 2 aromatic rings. The average molecular weight is 358 g/mol. The van der Waals surface area contributed by atoms with Crippen LogP contribution in [0, 0.1) is 17.2 Å². The maximum atomic E-state index is 9.64. The van der Waals surface area contributed by atoms with Crippen LogP contribution in [0.5, 0.6) is 11.5 Å². The van der Waals surface area contributed by atoms with Gasteiger partial charge in [0.1, 0.15) is 24.2 Å². The van der Waals surface area contributed by atoms with E-state index in [4.69, 9.17) is 15.2 Å². The van der Waals surface area contributed by atoms with Crippen LogP contribution >= 0.6 is 0 Å². The second-order valence-corrected chi connectivity index (χ2v) is 6.99. The molecule has 2 aliphatic rings. The second-order valence-electron chi connectivity index (χ2n) is 6.99. The van der Waals surface area contributed by atoms with Crippen LogP contribution in [0.2, 0.25) is 0 Å². The van der Waals surface area contributed by atoms with Crippen LogP contribution in [0.25, 0.3) is 0 Å². The lowest BCUT2D eigenvalue weighted by atomic mass is 9.74. The number of nitrogens with zero attached hydrogens (tertiary/aromatic N) is 1. The lowest BCUT2D eigenvalue weighted by Gasteiger charge is -2.33. The Morgan fingerprint density at radius 3 is 2.74 bits per heavy atom. The van der Waals surface area contributed by atoms with Gasteiger partial charge in [-0.25, -0.2) is 0 Å². The Morgan fingerprint density at radius 2 is 2.00 bits per heavy atom. The third-order valence-corrected chi connectivity index (χ3v) is 5.27. The van der Waals surface area contributed by atoms with Crippen molar-refractivity contribution >= 4 is 0 Å². The Labute approximate surface area is 159 Å². The van der Waals surface area contributed by atoms with Crippen LogP contribution in [0.3, 0.4) is 0 Å². The highest BCUT2D eigenvalue weighted by atomic mass is 16.5. The summed E-state index contributed by atoms with van der Waals surface area (Å²) in [6.45, 7) is 0.491. The van der Waals surface area contributed by atoms with Crippen molar-refractivity contribution in [2.75, 3.05) is 0 Å². The molecule has 0 amide bonds. The van der Waals surface area contributed by atoms with Gasteiger partial charge in [0.15, 0.2) is 0 Å². The first-order chi connectivity index (χ1) is 13.3. The highest BCUT2D eigenvalue weighted by Gasteiger charge is 2.35. The van der Waals surface area contributed by atoms with Crippen molar-refractivity contribution in [2.45, 2.75) is 31.8 Å². The molecule has 27 heavy (non-hydrogen) atoms. The van der Waals surface area contributed by atoms with E-state index in [1.54, 1.807) is 0 Å². The van der Waals surface area contributed by atoms with E-state index < -0.39 is 0 Å². The van der Waals surface area contributed by atoms with Gasteiger partial charge >= 0.3 is 0 Å². The van der Waals surface area contributed by atoms with Gasteiger partial charge in [0.2, 0.25) is 5.88 Å². The fourth-order valence-corrected chi connectivity index (χ4v) is 3.91. The van der Waals surface area contributed by atoms with Gasteiger partial charge in [-0.2, -0.15) is 5.26 Å². The maximum Gasteiger partial charge on any atom is 0.205 e. The number of nitrogens with two attached hydrogens (primary N) is 1. The van der Waals surface area contributed by atoms with E-state index in [1.807, 2.05) is 48.5 Å². The minimum absolute atomic E-state index is 0.0214. The number of ether oxygens (including phenoxy) is 2. The Morgan fingerprint density at radius 1 is 1.15 bits per heavy atom. The number of allylic oxidation sites excluding steroid dienone is 3. The molecule has 0 fully saturated rings. The SMILES string of the molecule is N#CC1=C(N)Oc2cc(OCc3ccccc3)ccc2[C@@H]1[C@@H]1CC=CCC1. The topological polar surface area (TPSA) is 68.3 Å². The third kappa shape index (κ3) is 3.54. The molecule has 0 bridgehead atoms. The Balaban J connectivity index is 1.61. The summed E-state index contributed by atoms with van der Waals surface area (Å²) >= 11 is 0. The molecule has 0 unspecified atom stereocenters. The summed E-state index contributed by atoms with van der Waals surface area (Å²) in [4.78, 5) is 0. The summed E-state index contributed by atoms with van der Waals surface area (Å²) in [5.74, 6) is 1.98. The predicted molar refractivity (Wildman–Crippen MR) is 104 cm³/mol. The summed E-state index contributed by atoms with van der Waals surface area (Å²) in [5.41, 5.74) is 8.76. The van der Waals surface area contributed by atoms with Crippen molar-refractivity contribution in [3.8, 4) is 17.6 Å². The summed E-state index contributed by atoms with van der Waals surface area (Å²) in [5, 5.41) is 9.64. The number of nitriles is 1. The first-order valence-corrected chi connectivity index (χ1v) is 9.29. The number of fused-ring (bicyclic) bond motifs is 1. The minimum atomic E-state index is -0.0214. The standard InChI is InChI=1S/C23H22N2O2/c24-14-20-22(17-9-5-2-6-10-17)19-12-11-18(13-21(19)27-23(20)25)26-15-16-7-3-1-4-8-16/h1-5,7-8,11-13,17,22H,6,9-10,15,25H2/t17-,22+/m1/s1. The molecule has 1 heterocycles. The summed E-state index contributed by atoms with van der Waals surface area (Å²) in [7, 11) is 0. The zero-order valence-electron chi connectivity index (χ0n) is 15.1. The minimum Gasteiger partial charge on any atom is -0.489 e. The molecule has 1 aliphatic heterocycles. The van der Waals surface area contributed by atoms with Crippen molar-refractivity contribution in [2.24, 2.45) is 11.7 Å². The third-order valence-electron chi connectivity index (χ3n) is 5.27. The van der Waals surface area contributed by atoms with E-state index in [0.29, 0.717) is 23.8 Å². The van der Waals surface area contributed by atoms with Crippen LogP contribution in [0.15, 0.2) is 72.1 Å². The summed E-state index contributed by atoms with van der Waals surface area (Å²) in [6, 6.07) is 18.2. The van der Waals surface area contributed by atoms with Crippen LogP contribution < -0.4 is 15.2 Å². The molecule has 4 nitrogen and oxygen atoms in total. The van der Waals surface area contributed by atoms with E-state index in [9.17, 15) is 5.26 Å². The molecule has 4 heteroatoms. The maximum absolute atomic E-state index is 9.64. The molecule has 136 valence electrons. The number of hydrogen-bond acceptors (Lipinski definition) is 4. The van der Waals surface area contributed by atoms with E-state index >= 15 is 0 Å². The number of rotatable bonds is 4. The van der Waals surface area contributed by atoms with Crippen molar-refractivity contribution < 1.29 is 9.47 Å². The van der Waals surface area contributed by atoms with Crippen molar-refractivity contribution in [1.29, 1.82) is 5.26 Å². The predicted octanol–water partition coefficient (Wildman–Crippen LogP) is 4.79. The average Bonchev–Trinajstić information content (AvgIpc) is 2.72. The van der Waals surface area contributed by atoms with Crippen LogP contribution in [-0.2, 0) is 6.61 Å². The Bertz CT molecular complexity index is 925. The van der Waals surface area contributed by atoms with E-state index in [-0.39, 0.29) is 11.8 Å². The molecular formula is C23H22N2O2. The zero-order valence-corrected chi connectivity index (χ0v) is 15.1. The van der Waals surface area contributed by atoms with Crippen LogP contribution in [-0.4, -0.2) is 0 Å². The highest BCUT2D eigenvalue weighted by Crippen LogP contribution is 2.46. The first kappa shape index (κ1) is 17.2. The smallest absolute Gasteiger partial charge is 0.205 e. The first-order valence-electron chi connectivity index (χ1n) is 9.29. The molecule has 0 saturated heterocycles. The van der Waals surface area contributed by atoms with Gasteiger partial charge < -0.3 is 15.2 Å².